The molecule has 0 atom stereocenters. The molecule has 1 aliphatic rings. The lowest BCUT2D eigenvalue weighted by Crippen LogP contribution is -2.13. The first-order valence-corrected chi connectivity index (χ1v) is 10.6. The van der Waals surface area contributed by atoms with Crippen LogP contribution in [0.25, 0.3) is 0 Å². The maximum Gasteiger partial charge on any atom is 0.225 e. The van der Waals surface area contributed by atoms with Gasteiger partial charge in [-0.15, -0.1) is 16.4 Å². The third-order valence-corrected chi connectivity index (χ3v) is 6.30. The molecular weight excluding hydrogens is 368 g/mol. The highest BCUT2D eigenvalue weighted by Gasteiger charge is 2.21. The van der Waals surface area contributed by atoms with Crippen molar-refractivity contribution in [2.45, 2.75) is 57.7 Å². The van der Waals surface area contributed by atoms with E-state index in [9.17, 15) is 10.1 Å². The monoisotopic (exact) mass is 390 g/mol. The Bertz CT molecular complexity index is 820. The van der Waals surface area contributed by atoms with Crippen molar-refractivity contribution >= 4 is 34.0 Å². The number of rotatable bonds is 7. The number of amides is 1. The van der Waals surface area contributed by atoms with Crippen molar-refractivity contribution in [2.75, 3.05) is 11.1 Å². The van der Waals surface area contributed by atoms with Gasteiger partial charge in [-0.2, -0.15) is 5.26 Å². The zero-order chi connectivity index (χ0) is 18.5. The van der Waals surface area contributed by atoms with Gasteiger partial charge in [0.2, 0.25) is 11.1 Å². The summed E-state index contributed by atoms with van der Waals surface area (Å²) in [6.07, 6.45) is 4.59. The minimum absolute atomic E-state index is 0.0736. The summed E-state index contributed by atoms with van der Waals surface area (Å²) in [4.78, 5) is 13.6. The summed E-state index contributed by atoms with van der Waals surface area (Å²) in [5.74, 6) is 0.975. The highest BCUT2D eigenvalue weighted by Crippen LogP contribution is 2.37. The zero-order valence-electron chi connectivity index (χ0n) is 15.0. The normalized spacial score (nSPS) is 13.5. The number of thioether (sulfide) groups is 1. The molecule has 7 nitrogen and oxygen atoms in total. The fraction of sp³-hybridized carbons (Fsp3) is 0.588. The third-order valence-electron chi connectivity index (χ3n) is 4.13. The number of nitrogens with zero attached hydrogens (tertiary/aromatic N) is 5. The van der Waals surface area contributed by atoms with Crippen molar-refractivity contribution in [3.63, 3.8) is 0 Å². The van der Waals surface area contributed by atoms with Gasteiger partial charge in [-0.3, -0.25) is 4.79 Å². The van der Waals surface area contributed by atoms with Crippen molar-refractivity contribution in [1.29, 1.82) is 5.26 Å². The molecule has 1 amide bonds. The van der Waals surface area contributed by atoms with E-state index in [-0.39, 0.29) is 5.91 Å². The van der Waals surface area contributed by atoms with E-state index >= 15 is 0 Å². The summed E-state index contributed by atoms with van der Waals surface area (Å²) in [6.45, 7) is 4.97. The lowest BCUT2D eigenvalue weighted by molar-refractivity contribution is -0.115. The number of fused-ring (bicyclic) bond motifs is 1. The molecule has 0 saturated heterocycles. The first-order valence-electron chi connectivity index (χ1n) is 8.82. The summed E-state index contributed by atoms with van der Waals surface area (Å²) in [5, 5.41) is 25.5. The summed E-state index contributed by atoms with van der Waals surface area (Å²) < 4.78 is 1.77. The molecular formula is C17H22N6OS2. The summed E-state index contributed by atoms with van der Waals surface area (Å²) in [7, 11) is 0. The largest absolute Gasteiger partial charge is 0.317 e. The van der Waals surface area contributed by atoms with Crippen LogP contribution in [-0.4, -0.2) is 31.9 Å². The molecule has 9 heteroatoms. The first-order chi connectivity index (χ1) is 12.6. The van der Waals surface area contributed by atoms with Crippen LogP contribution in [0.15, 0.2) is 5.16 Å². The number of nitrogens with one attached hydrogen (secondary N) is 1. The van der Waals surface area contributed by atoms with Gasteiger partial charge in [0, 0.05) is 23.6 Å². The Labute approximate surface area is 161 Å². The Morgan fingerprint density at radius 2 is 2.23 bits per heavy atom. The van der Waals surface area contributed by atoms with E-state index in [0.29, 0.717) is 28.7 Å². The molecule has 2 heterocycles. The third kappa shape index (κ3) is 4.43. The van der Waals surface area contributed by atoms with Crippen LogP contribution in [0.5, 0.6) is 0 Å². The maximum absolute atomic E-state index is 12.3. The second-order valence-electron chi connectivity index (χ2n) is 6.71. The van der Waals surface area contributed by atoms with Crippen LogP contribution in [0.2, 0.25) is 0 Å². The first kappa shape index (κ1) is 18.9. The molecule has 0 aromatic carbocycles. The van der Waals surface area contributed by atoms with Gasteiger partial charge in [-0.05, 0) is 47.6 Å². The molecule has 0 saturated carbocycles. The smallest absolute Gasteiger partial charge is 0.225 e. The second kappa shape index (κ2) is 8.64. The van der Waals surface area contributed by atoms with Gasteiger partial charge in [0.05, 0.1) is 5.56 Å². The molecule has 0 bridgehead atoms. The Kier molecular flexibility index (Phi) is 6.27. The lowest BCUT2D eigenvalue weighted by atomic mass is 9.96. The van der Waals surface area contributed by atoms with Crippen molar-refractivity contribution in [3.8, 4) is 6.07 Å². The molecule has 1 aliphatic carbocycles. The van der Waals surface area contributed by atoms with Gasteiger partial charge < -0.3 is 5.32 Å². The van der Waals surface area contributed by atoms with Crippen molar-refractivity contribution in [1.82, 2.24) is 20.2 Å². The van der Waals surface area contributed by atoms with E-state index in [1.54, 1.807) is 16.0 Å². The Morgan fingerprint density at radius 3 is 3.00 bits per heavy atom. The van der Waals surface area contributed by atoms with Crippen LogP contribution in [0, 0.1) is 17.2 Å². The molecule has 0 radical (unpaired) electrons. The van der Waals surface area contributed by atoms with Crippen molar-refractivity contribution in [2.24, 2.45) is 5.92 Å². The topological polar surface area (TPSA) is 96.5 Å². The minimum atomic E-state index is -0.0736. The lowest BCUT2D eigenvalue weighted by Gasteiger charge is -2.09. The van der Waals surface area contributed by atoms with E-state index in [2.05, 4.69) is 40.8 Å². The maximum atomic E-state index is 12.3. The van der Waals surface area contributed by atoms with Crippen LogP contribution in [0.3, 0.4) is 0 Å². The number of anilines is 1. The van der Waals surface area contributed by atoms with Gasteiger partial charge in [-0.25, -0.2) is 4.68 Å². The molecule has 138 valence electrons. The number of carbonyl (C=O) groups is 1. The molecule has 26 heavy (non-hydrogen) atoms. The van der Waals surface area contributed by atoms with Crippen LogP contribution in [0.4, 0.5) is 5.00 Å². The van der Waals surface area contributed by atoms with Gasteiger partial charge >= 0.3 is 0 Å². The number of tetrazole rings is 1. The zero-order valence-corrected chi connectivity index (χ0v) is 16.6. The fourth-order valence-corrected chi connectivity index (χ4v) is 5.04. The number of hydrogen-bond acceptors (Lipinski definition) is 7. The van der Waals surface area contributed by atoms with Gasteiger partial charge in [0.25, 0.3) is 0 Å². The average molecular weight is 391 g/mol. The van der Waals surface area contributed by atoms with E-state index < -0.39 is 0 Å². The molecule has 2 aromatic heterocycles. The standard InChI is InChI=1S/C17H22N6OS2/c1-11(2)10-23-17(20-21-22-23)25-8-7-15(24)19-16-13(9-18)12-5-3-4-6-14(12)26-16/h11H,3-8,10H2,1-2H3,(H,19,24). The molecule has 0 fully saturated rings. The number of nitriles is 1. The quantitative estimate of drug-likeness (QED) is 0.729. The number of hydrogen-bond donors (Lipinski definition) is 1. The highest BCUT2D eigenvalue weighted by atomic mass is 32.2. The summed E-state index contributed by atoms with van der Waals surface area (Å²) in [5.41, 5.74) is 1.80. The molecule has 0 unspecified atom stereocenters. The molecule has 0 aliphatic heterocycles. The minimum Gasteiger partial charge on any atom is -0.317 e. The number of aryl methyl sites for hydroxylation is 1. The Balaban J connectivity index is 1.55. The Hall–Kier alpha value is -1.92. The van der Waals surface area contributed by atoms with Gasteiger partial charge in [0.1, 0.15) is 11.1 Å². The second-order valence-corrected chi connectivity index (χ2v) is 8.88. The van der Waals surface area contributed by atoms with Crippen LogP contribution in [0.1, 0.15) is 49.1 Å². The van der Waals surface area contributed by atoms with Gasteiger partial charge in [-0.1, -0.05) is 25.6 Å². The van der Waals surface area contributed by atoms with Gasteiger partial charge in [0.15, 0.2) is 0 Å². The predicted octanol–water partition coefficient (Wildman–Crippen LogP) is 3.26. The number of aromatic nitrogens is 4. The SMILES string of the molecule is CC(C)Cn1nnnc1SCCC(=O)Nc1sc2c(c1C#N)CCCC2. The number of thiophene rings is 1. The van der Waals surface area contributed by atoms with Crippen LogP contribution < -0.4 is 5.32 Å². The van der Waals surface area contributed by atoms with Crippen LogP contribution >= 0.6 is 23.1 Å². The molecule has 0 spiro atoms. The van der Waals surface area contributed by atoms with E-state index in [4.69, 9.17) is 0 Å². The molecule has 1 N–H and O–H groups in total. The average Bonchev–Trinajstić information content (AvgIpc) is 3.18. The predicted molar refractivity (Wildman–Crippen MR) is 102 cm³/mol. The van der Waals surface area contributed by atoms with E-state index in [1.165, 1.54) is 16.6 Å². The fourth-order valence-electron chi connectivity index (χ4n) is 2.96. The number of carbonyl (C=O) groups excluding carboxylic acids is 1. The Morgan fingerprint density at radius 1 is 1.42 bits per heavy atom. The summed E-state index contributed by atoms with van der Waals surface area (Å²) >= 11 is 3.03. The molecule has 2 aromatic rings. The highest BCUT2D eigenvalue weighted by molar-refractivity contribution is 7.99. The summed E-state index contributed by atoms with van der Waals surface area (Å²) in [6, 6.07) is 2.27. The van der Waals surface area contributed by atoms with Crippen LogP contribution in [-0.2, 0) is 24.2 Å². The molecule has 3 rings (SSSR count). The van der Waals surface area contributed by atoms with Crippen molar-refractivity contribution in [3.05, 3.63) is 16.0 Å². The van der Waals surface area contributed by atoms with E-state index in [1.807, 2.05) is 0 Å². The van der Waals surface area contributed by atoms with Crippen molar-refractivity contribution < 1.29 is 4.79 Å². The van der Waals surface area contributed by atoms with E-state index in [0.717, 1.165) is 42.9 Å².